The Kier molecular flexibility index (Phi) is 5.07. The molecule has 0 N–H and O–H groups in total. The van der Waals surface area contributed by atoms with Gasteiger partial charge in [0, 0.05) is 23.9 Å². The molecule has 3 aromatic rings. The van der Waals surface area contributed by atoms with Gasteiger partial charge in [-0.3, -0.25) is 0 Å². The summed E-state index contributed by atoms with van der Waals surface area (Å²) in [7, 11) is 0. The number of nitrogens with zero attached hydrogens (tertiary/aromatic N) is 7. The number of aromatic nitrogens is 5. The predicted octanol–water partition coefficient (Wildman–Crippen LogP) is 4.15. The second kappa shape index (κ2) is 7.45. The highest BCUT2D eigenvalue weighted by Crippen LogP contribution is 2.34. The van der Waals surface area contributed by atoms with Crippen LogP contribution in [0.1, 0.15) is 38.6 Å². The van der Waals surface area contributed by atoms with Gasteiger partial charge in [0.1, 0.15) is 5.82 Å². The van der Waals surface area contributed by atoms with Crippen molar-refractivity contribution >= 4 is 40.0 Å². The van der Waals surface area contributed by atoms with E-state index < -0.39 is 5.92 Å². The van der Waals surface area contributed by atoms with Gasteiger partial charge in [-0.1, -0.05) is 39.0 Å². The Morgan fingerprint density at radius 1 is 1.20 bits per heavy atom. The fraction of sp³-hybridized carbons (Fsp3) is 0.450. The second-order valence-corrected chi connectivity index (χ2v) is 8.57. The van der Waals surface area contributed by atoms with E-state index in [0.717, 1.165) is 5.56 Å². The zero-order valence-electron chi connectivity index (χ0n) is 16.9. The molecule has 1 aliphatic heterocycles. The molecular weight excluding hydrogens is 408 g/mol. The number of alkyl halides is 2. The highest BCUT2D eigenvalue weighted by atomic mass is 32.1. The van der Waals surface area contributed by atoms with Gasteiger partial charge in [-0.05, 0) is 18.3 Å². The smallest absolute Gasteiger partial charge is 0.266 e. The Labute approximate surface area is 177 Å². The van der Waals surface area contributed by atoms with Crippen LogP contribution in [0.15, 0.2) is 29.3 Å². The molecule has 2 aromatic heterocycles. The third kappa shape index (κ3) is 4.06. The maximum atomic E-state index is 13.9. The summed E-state index contributed by atoms with van der Waals surface area (Å²) < 4.78 is 27.7. The van der Waals surface area contributed by atoms with E-state index in [2.05, 4.69) is 30.3 Å². The summed E-state index contributed by atoms with van der Waals surface area (Å²) >= 11 is 4.72. The molecule has 0 aliphatic carbocycles. The lowest BCUT2D eigenvalue weighted by Gasteiger charge is -2.21. The summed E-state index contributed by atoms with van der Waals surface area (Å²) in [5.41, 5.74) is 1.96. The Morgan fingerprint density at radius 2 is 1.97 bits per heavy atom. The van der Waals surface area contributed by atoms with Crippen molar-refractivity contribution in [3.8, 4) is 0 Å². The highest BCUT2D eigenvalue weighted by molar-refractivity contribution is 7.78. The number of hydrogen-bond acceptors (Lipinski definition) is 7. The molecule has 1 aromatic carbocycles. The van der Waals surface area contributed by atoms with E-state index in [4.69, 9.17) is 12.2 Å². The number of aliphatic imine (C=N–C) groups is 1. The van der Waals surface area contributed by atoms with E-state index in [9.17, 15) is 8.78 Å². The lowest BCUT2D eigenvalue weighted by Crippen LogP contribution is -2.27. The second-order valence-electron chi connectivity index (χ2n) is 8.38. The molecule has 1 aliphatic rings. The normalized spacial score (nSPS) is 16.1. The summed E-state index contributed by atoms with van der Waals surface area (Å²) in [5, 5.41) is 11.4. The van der Waals surface area contributed by atoms with Gasteiger partial charge in [0.2, 0.25) is 5.65 Å². The van der Waals surface area contributed by atoms with Crippen molar-refractivity contribution < 1.29 is 8.78 Å². The Hall–Kier alpha value is -2.84. The summed E-state index contributed by atoms with van der Waals surface area (Å²) in [6.07, 6.45) is -0.208. The van der Waals surface area contributed by atoms with Gasteiger partial charge in [0.15, 0.2) is 11.3 Å². The number of hydrogen-bond donors (Lipinski definition) is 0. The monoisotopic (exact) mass is 429 g/mol. The number of fused-ring (bicyclic) bond motifs is 1. The van der Waals surface area contributed by atoms with Crippen LogP contribution in [0.3, 0.4) is 0 Å². The van der Waals surface area contributed by atoms with Crippen molar-refractivity contribution in [3.05, 3.63) is 35.7 Å². The van der Waals surface area contributed by atoms with Gasteiger partial charge in [-0.15, -0.1) is 10.2 Å². The SMILES string of the molecule is CC(C)(C)c1nc(N2CCC(F)(F)C2)c2nn(Cc3ccccc3N=C=S)nc2n1. The van der Waals surface area contributed by atoms with E-state index in [1.807, 2.05) is 45.0 Å². The van der Waals surface area contributed by atoms with Crippen LogP contribution in [-0.4, -0.2) is 49.1 Å². The molecule has 3 heterocycles. The first-order valence-electron chi connectivity index (χ1n) is 9.58. The van der Waals surface area contributed by atoms with Crippen molar-refractivity contribution in [2.24, 2.45) is 4.99 Å². The minimum Gasteiger partial charge on any atom is -0.348 e. The number of isothiocyanates is 1. The first kappa shape index (κ1) is 20.4. The van der Waals surface area contributed by atoms with Crippen LogP contribution in [0.25, 0.3) is 11.2 Å². The maximum absolute atomic E-state index is 13.9. The number of rotatable bonds is 4. The molecule has 156 valence electrons. The van der Waals surface area contributed by atoms with Gasteiger partial charge >= 0.3 is 0 Å². The molecule has 0 spiro atoms. The van der Waals surface area contributed by atoms with Gasteiger partial charge in [-0.25, -0.2) is 18.7 Å². The first-order valence-corrected chi connectivity index (χ1v) is 9.99. The van der Waals surface area contributed by atoms with E-state index >= 15 is 0 Å². The minimum atomic E-state index is -2.74. The van der Waals surface area contributed by atoms with E-state index in [0.29, 0.717) is 35.0 Å². The standard InChI is InChI=1S/C20H21F2N7S/c1-19(2,3)18-24-16-15(17(25-18)28-9-8-20(21,22)11-28)26-29(27-16)10-13-6-4-5-7-14(13)23-12-30/h4-7H,8-11H2,1-3H3. The predicted molar refractivity (Wildman–Crippen MR) is 114 cm³/mol. The van der Waals surface area contributed by atoms with Crippen LogP contribution in [0, 0.1) is 0 Å². The van der Waals surface area contributed by atoms with Gasteiger partial charge in [0.05, 0.1) is 23.9 Å². The molecule has 30 heavy (non-hydrogen) atoms. The number of thiocarbonyl (C=S) groups is 1. The van der Waals surface area contributed by atoms with Crippen LogP contribution in [0.5, 0.6) is 0 Å². The molecule has 0 amide bonds. The molecule has 1 saturated heterocycles. The summed E-state index contributed by atoms with van der Waals surface area (Å²) in [6, 6.07) is 7.46. The van der Waals surface area contributed by atoms with Crippen LogP contribution < -0.4 is 4.90 Å². The van der Waals surface area contributed by atoms with Gasteiger partial charge < -0.3 is 4.90 Å². The van der Waals surface area contributed by atoms with Crippen molar-refractivity contribution in [2.75, 3.05) is 18.0 Å². The minimum absolute atomic E-state index is 0.208. The number of para-hydroxylation sites is 1. The van der Waals surface area contributed by atoms with E-state index in [1.165, 1.54) is 4.80 Å². The molecule has 0 atom stereocenters. The van der Waals surface area contributed by atoms with Gasteiger partial charge in [-0.2, -0.15) is 9.79 Å². The van der Waals surface area contributed by atoms with Crippen LogP contribution in [0.2, 0.25) is 0 Å². The Balaban J connectivity index is 1.80. The van der Waals surface area contributed by atoms with E-state index in [1.54, 1.807) is 4.90 Å². The zero-order chi connectivity index (χ0) is 21.5. The van der Waals surface area contributed by atoms with Crippen molar-refractivity contribution in [2.45, 2.75) is 45.1 Å². The molecule has 0 bridgehead atoms. The highest BCUT2D eigenvalue weighted by Gasteiger charge is 2.40. The van der Waals surface area contributed by atoms with Crippen molar-refractivity contribution in [3.63, 3.8) is 0 Å². The van der Waals surface area contributed by atoms with E-state index in [-0.39, 0.29) is 24.9 Å². The third-order valence-electron chi connectivity index (χ3n) is 4.88. The fourth-order valence-corrected chi connectivity index (χ4v) is 3.43. The molecule has 4 rings (SSSR count). The number of halogens is 2. The average molecular weight is 430 g/mol. The maximum Gasteiger partial charge on any atom is 0.266 e. The van der Waals surface area contributed by atoms with Crippen molar-refractivity contribution in [1.82, 2.24) is 25.0 Å². The molecular formula is C20H21F2N7S. The summed E-state index contributed by atoms with van der Waals surface area (Å²) in [4.78, 5) is 16.3. The zero-order valence-corrected chi connectivity index (χ0v) is 17.7. The van der Waals surface area contributed by atoms with Crippen LogP contribution >= 0.6 is 12.2 Å². The lowest BCUT2D eigenvalue weighted by atomic mass is 9.96. The largest absolute Gasteiger partial charge is 0.348 e. The summed E-state index contributed by atoms with van der Waals surface area (Å²) in [6.45, 7) is 6.07. The lowest BCUT2D eigenvalue weighted by molar-refractivity contribution is 0.0257. The molecule has 0 radical (unpaired) electrons. The van der Waals surface area contributed by atoms with Gasteiger partial charge in [0.25, 0.3) is 5.92 Å². The Bertz CT molecular complexity index is 1150. The first-order chi connectivity index (χ1) is 14.2. The number of anilines is 1. The molecule has 0 unspecified atom stereocenters. The molecule has 7 nitrogen and oxygen atoms in total. The third-order valence-corrected chi connectivity index (χ3v) is 4.97. The molecule has 10 heteroatoms. The fourth-order valence-electron chi connectivity index (χ4n) is 3.34. The topological polar surface area (TPSA) is 72.1 Å². The summed E-state index contributed by atoms with van der Waals surface area (Å²) in [5.74, 6) is -1.80. The van der Waals surface area contributed by atoms with Crippen molar-refractivity contribution in [1.29, 1.82) is 0 Å². The Morgan fingerprint density at radius 3 is 2.63 bits per heavy atom. The molecule has 0 saturated carbocycles. The average Bonchev–Trinajstić information content (AvgIpc) is 3.24. The quantitative estimate of drug-likeness (QED) is 0.458. The number of benzene rings is 1. The van der Waals surface area contributed by atoms with Crippen LogP contribution in [0.4, 0.5) is 20.3 Å². The van der Waals surface area contributed by atoms with Crippen LogP contribution in [-0.2, 0) is 12.0 Å². The molecule has 1 fully saturated rings.